The Kier molecular flexibility index (Phi) is 7.67. The van der Waals surface area contributed by atoms with Gasteiger partial charge in [-0.25, -0.2) is 17.7 Å². The van der Waals surface area contributed by atoms with Gasteiger partial charge in [-0.1, -0.05) is 25.1 Å². The maximum absolute atomic E-state index is 11.6. The predicted molar refractivity (Wildman–Crippen MR) is 110 cm³/mol. The Morgan fingerprint density at radius 1 is 1.22 bits per heavy atom. The van der Waals surface area contributed by atoms with E-state index in [0.29, 0.717) is 38.6 Å². The lowest BCUT2D eigenvalue weighted by Gasteiger charge is -2.18. The van der Waals surface area contributed by atoms with Crippen molar-refractivity contribution in [1.82, 2.24) is 14.9 Å². The van der Waals surface area contributed by atoms with Gasteiger partial charge in [-0.15, -0.1) is 0 Å². The molecule has 1 heterocycles. The van der Waals surface area contributed by atoms with Gasteiger partial charge in [-0.2, -0.15) is 0 Å². The zero-order valence-electron chi connectivity index (χ0n) is 16.6. The summed E-state index contributed by atoms with van der Waals surface area (Å²) in [7, 11) is -3.14. The Balaban J connectivity index is 1.94. The van der Waals surface area contributed by atoms with E-state index in [1.165, 1.54) is 10.6 Å². The molecule has 150 valence electrons. The highest BCUT2D eigenvalue weighted by Gasteiger charge is 2.13. The molecule has 1 aromatic carbocycles. The van der Waals surface area contributed by atoms with Crippen LogP contribution in [0.15, 0.2) is 33.7 Å². The minimum atomic E-state index is -3.14. The van der Waals surface area contributed by atoms with Crippen LogP contribution in [0.1, 0.15) is 31.6 Å². The predicted octanol–water partition coefficient (Wildman–Crippen LogP) is 2.47. The fourth-order valence-electron chi connectivity index (χ4n) is 2.89. The molecule has 2 N–H and O–H groups in total. The van der Waals surface area contributed by atoms with Gasteiger partial charge in [-0.3, -0.25) is 0 Å². The van der Waals surface area contributed by atoms with E-state index in [0.717, 1.165) is 28.8 Å². The Bertz CT molecular complexity index is 874. The van der Waals surface area contributed by atoms with Gasteiger partial charge < -0.3 is 15.1 Å². The normalized spacial score (nSPS) is 12.7. The lowest BCUT2D eigenvalue weighted by atomic mass is 10.1. The monoisotopic (exact) mass is 394 g/mol. The molecule has 0 aliphatic carbocycles. The number of nitrogens with zero attached hydrogens (tertiary/aromatic N) is 2. The van der Waals surface area contributed by atoms with Crippen LogP contribution in [0.4, 0.5) is 0 Å². The molecule has 0 saturated heterocycles. The third-order valence-corrected chi connectivity index (χ3v) is 5.74. The van der Waals surface area contributed by atoms with Crippen LogP contribution in [0.3, 0.4) is 0 Å². The van der Waals surface area contributed by atoms with Crippen molar-refractivity contribution in [2.24, 2.45) is 4.99 Å². The second-order valence-corrected chi connectivity index (χ2v) is 8.36. The van der Waals surface area contributed by atoms with Gasteiger partial charge in [-0.05, 0) is 26.3 Å². The number of benzene rings is 1. The second kappa shape index (κ2) is 9.75. The highest BCUT2D eigenvalue weighted by atomic mass is 32.2. The number of para-hydroxylation sites is 1. The summed E-state index contributed by atoms with van der Waals surface area (Å²) in [6.45, 7) is 8.69. The van der Waals surface area contributed by atoms with Crippen LogP contribution in [-0.4, -0.2) is 51.1 Å². The Hall–Kier alpha value is -2.06. The SMILES string of the molecule is CCNC(=NCc1oc2ccccc2c1C)NCCCN(CC)S(C)(=O)=O. The van der Waals surface area contributed by atoms with Crippen molar-refractivity contribution in [3.05, 3.63) is 35.6 Å². The molecule has 8 heteroatoms. The van der Waals surface area contributed by atoms with Gasteiger partial charge in [0.2, 0.25) is 10.0 Å². The molecule has 0 aliphatic rings. The number of aryl methyl sites for hydroxylation is 1. The minimum absolute atomic E-state index is 0.445. The summed E-state index contributed by atoms with van der Waals surface area (Å²) in [4.78, 5) is 4.59. The number of guanidine groups is 1. The Morgan fingerprint density at radius 3 is 2.59 bits per heavy atom. The van der Waals surface area contributed by atoms with Gasteiger partial charge in [0.15, 0.2) is 5.96 Å². The molecule has 0 amide bonds. The maximum atomic E-state index is 11.6. The number of sulfonamides is 1. The van der Waals surface area contributed by atoms with Crippen molar-refractivity contribution < 1.29 is 12.8 Å². The van der Waals surface area contributed by atoms with Gasteiger partial charge in [0.25, 0.3) is 0 Å². The van der Waals surface area contributed by atoms with E-state index in [9.17, 15) is 8.42 Å². The lowest BCUT2D eigenvalue weighted by Crippen LogP contribution is -2.39. The highest BCUT2D eigenvalue weighted by Crippen LogP contribution is 2.25. The van der Waals surface area contributed by atoms with E-state index in [1.54, 1.807) is 0 Å². The number of nitrogens with one attached hydrogen (secondary N) is 2. The molecule has 1 aromatic heterocycles. The van der Waals surface area contributed by atoms with Crippen molar-refractivity contribution in [2.45, 2.75) is 33.7 Å². The summed E-state index contributed by atoms with van der Waals surface area (Å²) < 4.78 is 30.6. The third kappa shape index (κ3) is 5.97. The first-order valence-corrected chi connectivity index (χ1v) is 11.2. The van der Waals surface area contributed by atoms with Gasteiger partial charge >= 0.3 is 0 Å². The number of aliphatic imine (C=N–C) groups is 1. The smallest absolute Gasteiger partial charge is 0.211 e. The summed E-state index contributed by atoms with van der Waals surface area (Å²) >= 11 is 0. The largest absolute Gasteiger partial charge is 0.459 e. The number of rotatable bonds is 9. The minimum Gasteiger partial charge on any atom is -0.459 e. The fourth-order valence-corrected chi connectivity index (χ4v) is 3.82. The maximum Gasteiger partial charge on any atom is 0.211 e. The van der Waals surface area contributed by atoms with Crippen LogP contribution in [0.25, 0.3) is 11.0 Å². The van der Waals surface area contributed by atoms with Crippen molar-refractivity contribution in [2.75, 3.05) is 32.4 Å². The summed E-state index contributed by atoms with van der Waals surface area (Å²) in [5, 5.41) is 7.57. The molecule has 0 unspecified atom stereocenters. The molecule has 7 nitrogen and oxygen atoms in total. The fraction of sp³-hybridized carbons (Fsp3) is 0.526. The zero-order valence-corrected chi connectivity index (χ0v) is 17.4. The molecule has 2 rings (SSSR count). The highest BCUT2D eigenvalue weighted by molar-refractivity contribution is 7.88. The van der Waals surface area contributed by atoms with Crippen LogP contribution in [0.5, 0.6) is 0 Å². The topological polar surface area (TPSA) is 86.9 Å². The average Bonchev–Trinajstić information content (AvgIpc) is 2.94. The quantitative estimate of drug-likeness (QED) is 0.388. The number of furan rings is 1. The van der Waals surface area contributed by atoms with Crippen LogP contribution < -0.4 is 10.6 Å². The molecule has 2 aromatic rings. The molecule has 0 radical (unpaired) electrons. The second-order valence-electron chi connectivity index (χ2n) is 6.38. The number of hydrogen-bond acceptors (Lipinski definition) is 4. The van der Waals surface area contributed by atoms with Crippen LogP contribution in [0.2, 0.25) is 0 Å². The molecule has 0 aliphatic heterocycles. The van der Waals surface area contributed by atoms with E-state index >= 15 is 0 Å². The number of fused-ring (bicyclic) bond motifs is 1. The molecule has 0 spiro atoms. The van der Waals surface area contributed by atoms with E-state index in [-0.39, 0.29) is 0 Å². The molecule has 27 heavy (non-hydrogen) atoms. The summed E-state index contributed by atoms with van der Waals surface area (Å²) in [5.41, 5.74) is 1.98. The molecule has 0 atom stereocenters. The zero-order chi connectivity index (χ0) is 19.9. The van der Waals surface area contributed by atoms with E-state index in [2.05, 4.69) is 15.6 Å². The van der Waals surface area contributed by atoms with Crippen LogP contribution in [0, 0.1) is 6.92 Å². The summed E-state index contributed by atoms with van der Waals surface area (Å²) in [5.74, 6) is 1.54. The van der Waals surface area contributed by atoms with Gasteiger partial charge in [0, 0.05) is 37.1 Å². The van der Waals surface area contributed by atoms with Crippen molar-refractivity contribution >= 4 is 27.0 Å². The third-order valence-electron chi connectivity index (χ3n) is 4.37. The van der Waals surface area contributed by atoms with Crippen molar-refractivity contribution in [3.8, 4) is 0 Å². The molecule has 0 saturated carbocycles. The van der Waals surface area contributed by atoms with Crippen molar-refractivity contribution in [1.29, 1.82) is 0 Å². The van der Waals surface area contributed by atoms with E-state index in [1.807, 2.05) is 45.0 Å². The first kappa shape index (κ1) is 21.2. The van der Waals surface area contributed by atoms with Crippen molar-refractivity contribution in [3.63, 3.8) is 0 Å². The van der Waals surface area contributed by atoms with Gasteiger partial charge in [0.05, 0.1) is 6.26 Å². The molecular formula is C19H30N4O3S. The summed E-state index contributed by atoms with van der Waals surface area (Å²) in [6.07, 6.45) is 1.94. The molecular weight excluding hydrogens is 364 g/mol. The van der Waals surface area contributed by atoms with Crippen LogP contribution in [-0.2, 0) is 16.6 Å². The van der Waals surface area contributed by atoms with Gasteiger partial charge in [0.1, 0.15) is 17.9 Å². The average molecular weight is 395 g/mol. The molecule has 0 fully saturated rings. The number of hydrogen-bond donors (Lipinski definition) is 2. The summed E-state index contributed by atoms with van der Waals surface area (Å²) in [6, 6.07) is 7.96. The first-order chi connectivity index (χ1) is 12.9. The van der Waals surface area contributed by atoms with E-state index < -0.39 is 10.0 Å². The van der Waals surface area contributed by atoms with Crippen LogP contribution >= 0.6 is 0 Å². The standard InChI is InChI=1S/C19H30N4O3S/c1-5-20-19(21-12-9-13-23(6-2)27(4,24)25)22-14-18-15(3)16-10-7-8-11-17(16)26-18/h7-8,10-11H,5-6,9,12-14H2,1-4H3,(H2,20,21,22). The molecule has 0 bridgehead atoms. The Morgan fingerprint density at radius 2 is 1.96 bits per heavy atom. The van der Waals surface area contributed by atoms with E-state index in [4.69, 9.17) is 4.42 Å². The first-order valence-electron chi connectivity index (χ1n) is 9.31. The lowest BCUT2D eigenvalue weighted by molar-refractivity contribution is 0.424. The Labute approximate surface area is 161 Å².